The lowest BCUT2D eigenvalue weighted by Gasteiger charge is -2.39. The Balaban J connectivity index is 1.72. The van der Waals surface area contributed by atoms with Gasteiger partial charge in [0.05, 0.1) is 17.2 Å². The molecule has 2 heterocycles. The van der Waals surface area contributed by atoms with Crippen LogP contribution in [0.3, 0.4) is 0 Å². The van der Waals surface area contributed by atoms with E-state index in [0.717, 1.165) is 38.7 Å². The van der Waals surface area contributed by atoms with E-state index in [-0.39, 0.29) is 5.56 Å². The largest absolute Gasteiger partial charge is 0.417 e. The number of nitrogens with zero attached hydrogens (tertiary/aromatic N) is 3. The van der Waals surface area contributed by atoms with Crippen LogP contribution < -0.4 is 10.2 Å². The first-order valence-corrected chi connectivity index (χ1v) is 7.80. The van der Waals surface area contributed by atoms with E-state index < -0.39 is 11.7 Å². The van der Waals surface area contributed by atoms with Crippen LogP contribution in [0.5, 0.6) is 0 Å². The number of nitrogens with one attached hydrogen (secondary N) is 1. The first-order valence-electron chi connectivity index (χ1n) is 7.80. The predicted molar refractivity (Wildman–Crippen MR) is 81.2 cm³/mol. The maximum Gasteiger partial charge on any atom is 0.417 e. The Bertz CT molecular complexity index is 594. The summed E-state index contributed by atoms with van der Waals surface area (Å²) in [6, 6.07) is 6.15. The Morgan fingerprint density at radius 3 is 2.48 bits per heavy atom. The number of hydrogen-bond acceptors (Lipinski definition) is 4. The molecule has 2 saturated heterocycles. The second-order valence-corrected chi connectivity index (χ2v) is 6.01. The number of benzene rings is 1. The Labute approximate surface area is 133 Å². The highest BCUT2D eigenvalue weighted by Crippen LogP contribution is 2.34. The summed E-state index contributed by atoms with van der Waals surface area (Å²) in [5.74, 6) is 0. The minimum atomic E-state index is -4.50. The third-order valence-electron chi connectivity index (χ3n) is 4.66. The fourth-order valence-corrected chi connectivity index (χ4v) is 3.36. The van der Waals surface area contributed by atoms with Crippen molar-refractivity contribution in [1.29, 1.82) is 5.26 Å². The quantitative estimate of drug-likeness (QED) is 0.904. The summed E-state index contributed by atoms with van der Waals surface area (Å²) < 4.78 is 39.2. The summed E-state index contributed by atoms with van der Waals surface area (Å²) >= 11 is 0. The fourth-order valence-electron chi connectivity index (χ4n) is 3.36. The number of halogens is 3. The minimum Gasteiger partial charge on any atom is -0.369 e. The first kappa shape index (κ1) is 16.1. The van der Waals surface area contributed by atoms with Gasteiger partial charge >= 0.3 is 6.18 Å². The molecule has 0 radical (unpaired) electrons. The lowest BCUT2D eigenvalue weighted by molar-refractivity contribution is -0.137. The average Bonchev–Trinajstić information content (AvgIpc) is 3.08. The molecule has 0 spiro atoms. The second-order valence-electron chi connectivity index (χ2n) is 6.01. The number of piperazine rings is 1. The van der Waals surface area contributed by atoms with Gasteiger partial charge in [-0.2, -0.15) is 18.4 Å². The zero-order valence-electron chi connectivity index (χ0n) is 12.7. The molecule has 0 aliphatic carbocycles. The average molecular weight is 324 g/mol. The van der Waals surface area contributed by atoms with Crippen molar-refractivity contribution < 1.29 is 13.2 Å². The van der Waals surface area contributed by atoms with Gasteiger partial charge in [0.2, 0.25) is 0 Å². The van der Waals surface area contributed by atoms with Crippen LogP contribution in [-0.2, 0) is 6.18 Å². The van der Waals surface area contributed by atoms with E-state index in [1.807, 2.05) is 4.90 Å². The van der Waals surface area contributed by atoms with E-state index in [0.29, 0.717) is 24.8 Å². The van der Waals surface area contributed by atoms with Crippen LogP contribution in [0.1, 0.15) is 17.5 Å². The molecule has 23 heavy (non-hydrogen) atoms. The van der Waals surface area contributed by atoms with Crippen molar-refractivity contribution in [3.05, 3.63) is 29.3 Å². The second kappa shape index (κ2) is 6.38. The van der Waals surface area contributed by atoms with Gasteiger partial charge in [-0.05, 0) is 31.2 Å². The summed E-state index contributed by atoms with van der Waals surface area (Å²) in [5.41, 5.74) is -0.627. The molecule has 1 unspecified atom stereocenters. The standard InChI is InChI=1S/C16H19F3N4/c17-16(18,19)15-9-13(2-1-12(15)10-20)22-5-7-23(8-6-22)14-3-4-21-11-14/h1-2,9,14,21H,3-8,11H2. The summed E-state index contributed by atoms with van der Waals surface area (Å²) in [7, 11) is 0. The Morgan fingerprint density at radius 2 is 1.91 bits per heavy atom. The predicted octanol–water partition coefficient (Wildman–Crippen LogP) is 2.06. The maximum absolute atomic E-state index is 13.1. The van der Waals surface area contributed by atoms with Crippen molar-refractivity contribution in [2.45, 2.75) is 18.6 Å². The Morgan fingerprint density at radius 1 is 1.17 bits per heavy atom. The van der Waals surface area contributed by atoms with Crippen LogP contribution in [0.4, 0.5) is 18.9 Å². The van der Waals surface area contributed by atoms with E-state index >= 15 is 0 Å². The zero-order chi connectivity index (χ0) is 16.4. The van der Waals surface area contributed by atoms with Crippen molar-refractivity contribution in [3.63, 3.8) is 0 Å². The van der Waals surface area contributed by atoms with Crippen molar-refractivity contribution in [2.24, 2.45) is 0 Å². The molecule has 1 atom stereocenters. The molecule has 0 amide bonds. The van der Waals surface area contributed by atoms with Crippen LogP contribution in [0.15, 0.2) is 18.2 Å². The van der Waals surface area contributed by atoms with E-state index in [4.69, 9.17) is 5.26 Å². The monoisotopic (exact) mass is 324 g/mol. The third kappa shape index (κ3) is 3.43. The molecular weight excluding hydrogens is 305 g/mol. The topological polar surface area (TPSA) is 42.3 Å². The summed E-state index contributed by atoms with van der Waals surface area (Å²) in [4.78, 5) is 4.38. The van der Waals surface area contributed by atoms with Gasteiger partial charge in [0, 0.05) is 44.5 Å². The fraction of sp³-hybridized carbons (Fsp3) is 0.562. The van der Waals surface area contributed by atoms with E-state index in [9.17, 15) is 13.2 Å². The number of nitriles is 1. The van der Waals surface area contributed by atoms with Gasteiger partial charge in [0.15, 0.2) is 0 Å². The zero-order valence-corrected chi connectivity index (χ0v) is 12.7. The van der Waals surface area contributed by atoms with Gasteiger partial charge in [-0.15, -0.1) is 0 Å². The molecular formula is C16H19F3N4. The lowest BCUT2D eigenvalue weighted by Crippen LogP contribution is -2.51. The summed E-state index contributed by atoms with van der Waals surface area (Å²) in [6.07, 6.45) is -3.37. The number of alkyl halides is 3. The van der Waals surface area contributed by atoms with Crippen LogP contribution in [0.25, 0.3) is 0 Å². The molecule has 2 aliphatic rings. The van der Waals surface area contributed by atoms with Gasteiger partial charge < -0.3 is 10.2 Å². The van der Waals surface area contributed by atoms with Crippen molar-refractivity contribution in [1.82, 2.24) is 10.2 Å². The maximum atomic E-state index is 13.1. The molecule has 2 aliphatic heterocycles. The molecule has 2 fully saturated rings. The normalized spacial score (nSPS) is 23.0. The molecule has 0 saturated carbocycles. The molecule has 1 aromatic carbocycles. The van der Waals surface area contributed by atoms with Gasteiger partial charge in [-0.3, -0.25) is 4.90 Å². The van der Waals surface area contributed by atoms with Crippen LogP contribution in [0.2, 0.25) is 0 Å². The highest BCUT2D eigenvalue weighted by molar-refractivity contribution is 5.55. The Kier molecular flexibility index (Phi) is 4.46. The molecule has 124 valence electrons. The summed E-state index contributed by atoms with van der Waals surface area (Å²) in [6.45, 7) is 5.16. The van der Waals surface area contributed by atoms with Gasteiger partial charge in [-0.1, -0.05) is 0 Å². The van der Waals surface area contributed by atoms with Gasteiger partial charge in [-0.25, -0.2) is 0 Å². The van der Waals surface area contributed by atoms with E-state index in [1.54, 1.807) is 12.1 Å². The Hall–Kier alpha value is -1.78. The lowest BCUT2D eigenvalue weighted by atomic mass is 10.1. The molecule has 7 heteroatoms. The minimum absolute atomic E-state index is 0.322. The first-order chi connectivity index (χ1) is 11.0. The SMILES string of the molecule is N#Cc1ccc(N2CCN(C3CCNC3)CC2)cc1C(F)(F)F. The summed E-state index contributed by atoms with van der Waals surface area (Å²) in [5, 5.41) is 12.2. The molecule has 1 aromatic rings. The van der Waals surface area contributed by atoms with Crippen LogP contribution >= 0.6 is 0 Å². The third-order valence-corrected chi connectivity index (χ3v) is 4.66. The van der Waals surface area contributed by atoms with Crippen LogP contribution in [0, 0.1) is 11.3 Å². The van der Waals surface area contributed by atoms with Gasteiger partial charge in [0.1, 0.15) is 0 Å². The number of hydrogen-bond donors (Lipinski definition) is 1. The van der Waals surface area contributed by atoms with Gasteiger partial charge in [0.25, 0.3) is 0 Å². The highest BCUT2D eigenvalue weighted by Gasteiger charge is 2.34. The number of anilines is 1. The molecule has 0 bridgehead atoms. The molecule has 3 rings (SSSR count). The van der Waals surface area contributed by atoms with Crippen molar-refractivity contribution >= 4 is 5.69 Å². The van der Waals surface area contributed by atoms with Crippen LogP contribution in [-0.4, -0.2) is 50.2 Å². The molecule has 1 N–H and O–H groups in total. The highest BCUT2D eigenvalue weighted by atomic mass is 19.4. The van der Waals surface area contributed by atoms with Crippen molar-refractivity contribution in [2.75, 3.05) is 44.2 Å². The molecule has 0 aromatic heterocycles. The smallest absolute Gasteiger partial charge is 0.369 e. The number of rotatable bonds is 2. The van der Waals surface area contributed by atoms with Crippen molar-refractivity contribution in [3.8, 4) is 6.07 Å². The van der Waals surface area contributed by atoms with E-state index in [2.05, 4.69) is 10.2 Å². The molecule has 4 nitrogen and oxygen atoms in total. The van der Waals surface area contributed by atoms with E-state index in [1.165, 1.54) is 6.07 Å².